The summed E-state index contributed by atoms with van der Waals surface area (Å²) in [5.41, 5.74) is 0. The molecule has 0 aromatic carbocycles. The van der Waals surface area contributed by atoms with E-state index in [1.54, 1.807) is 11.6 Å². The zero-order valence-corrected chi connectivity index (χ0v) is 16.1. The average Bonchev–Trinajstić information content (AvgIpc) is 2.80. The largest absolute Gasteiger partial charge is 0.340 e. The lowest BCUT2D eigenvalue weighted by molar-refractivity contribution is -0.131. The molecule has 0 bridgehead atoms. The molecule has 142 valence electrons. The van der Waals surface area contributed by atoms with Crippen molar-refractivity contribution in [1.29, 1.82) is 0 Å². The van der Waals surface area contributed by atoms with E-state index in [0.29, 0.717) is 13.0 Å². The fraction of sp³-hybridized carbons (Fsp3) is 0.692. The predicted molar refractivity (Wildman–Crippen MR) is 90.6 cm³/mol. The number of carbonyl (C=O) groups excluding carboxylic acids is 1. The normalized spacial score (nSPS) is 17.7. The smallest absolute Gasteiger partial charge is 0.262 e. The highest BCUT2D eigenvalue weighted by molar-refractivity contribution is 7.89. The van der Waals surface area contributed by atoms with Crippen molar-refractivity contribution in [3.8, 4) is 0 Å². The number of carbonyl (C=O) groups is 1. The quantitative estimate of drug-likeness (QED) is 0.604. The Hall–Kier alpha value is -1.50. The van der Waals surface area contributed by atoms with Gasteiger partial charge in [-0.3, -0.25) is 4.79 Å². The van der Waals surface area contributed by atoms with Crippen LogP contribution in [0.1, 0.15) is 6.42 Å². The fourth-order valence-corrected chi connectivity index (χ4v) is 4.23. The summed E-state index contributed by atoms with van der Waals surface area (Å²) in [5, 5.41) is -0.0217. The lowest BCUT2D eigenvalue weighted by atomic mass is 10.4. The molecule has 1 aromatic heterocycles. The molecule has 10 nitrogen and oxygen atoms in total. The highest BCUT2D eigenvalue weighted by atomic mass is 32.2. The van der Waals surface area contributed by atoms with Crippen molar-refractivity contribution in [3.05, 3.63) is 12.5 Å². The van der Waals surface area contributed by atoms with Gasteiger partial charge in [-0.1, -0.05) is 0 Å². The van der Waals surface area contributed by atoms with Crippen molar-refractivity contribution in [3.63, 3.8) is 0 Å². The molecule has 1 aromatic rings. The minimum atomic E-state index is -3.70. The summed E-state index contributed by atoms with van der Waals surface area (Å²) in [6.45, 7) is 0.761. The third-order valence-corrected chi connectivity index (χ3v) is 7.06. The Kier molecular flexibility index (Phi) is 5.86. The van der Waals surface area contributed by atoms with Gasteiger partial charge in [-0.15, -0.1) is 0 Å². The highest BCUT2D eigenvalue weighted by Crippen LogP contribution is 2.16. The number of aromatic nitrogens is 2. The number of imidazole rings is 1. The molecule has 0 unspecified atom stereocenters. The summed E-state index contributed by atoms with van der Waals surface area (Å²) in [6.07, 6.45) is 4.36. The second-order valence-corrected chi connectivity index (χ2v) is 10.0. The number of aryl methyl sites for hydroxylation is 1. The van der Waals surface area contributed by atoms with Crippen molar-refractivity contribution in [2.75, 3.05) is 46.0 Å². The van der Waals surface area contributed by atoms with Crippen molar-refractivity contribution in [2.45, 2.75) is 11.4 Å². The predicted octanol–water partition coefficient (Wildman–Crippen LogP) is -1.47. The minimum absolute atomic E-state index is 0.0217. The zero-order valence-electron chi connectivity index (χ0n) is 14.5. The molecular formula is C13H23N5O5S2. The van der Waals surface area contributed by atoms with Gasteiger partial charge in [-0.2, -0.15) is 8.61 Å². The Morgan fingerprint density at radius 3 is 2.44 bits per heavy atom. The second kappa shape index (κ2) is 7.40. The number of rotatable bonds is 5. The molecule has 0 N–H and O–H groups in total. The van der Waals surface area contributed by atoms with E-state index in [0.717, 1.165) is 10.6 Å². The fourth-order valence-electron chi connectivity index (χ4n) is 2.45. The van der Waals surface area contributed by atoms with E-state index in [4.69, 9.17) is 0 Å². The molecule has 2 heterocycles. The molecule has 0 aliphatic carbocycles. The molecule has 25 heavy (non-hydrogen) atoms. The molecule has 1 fully saturated rings. The van der Waals surface area contributed by atoms with Gasteiger partial charge >= 0.3 is 0 Å². The van der Waals surface area contributed by atoms with Gasteiger partial charge in [0, 0.05) is 46.5 Å². The minimum Gasteiger partial charge on any atom is -0.340 e. The molecule has 1 amide bonds. The molecule has 0 atom stereocenters. The van der Waals surface area contributed by atoms with Gasteiger partial charge in [0.1, 0.15) is 0 Å². The maximum absolute atomic E-state index is 12.6. The van der Waals surface area contributed by atoms with Gasteiger partial charge in [0.25, 0.3) is 10.0 Å². The van der Waals surface area contributed by atoms with Gasteiger partial charge in [0.15, 0.2) is 5.03 Å². The van der Waals surface area contributed by atoms with Crippen LogP contribution in [0.15, 0.2) is 17.6 Å². The highest BCUT2D eigenvalue weighted by Gasteiger charge is 2.30. The van der Waals surface area contributed by atoms with Crippen molar-refractivity contribution in [2.24, 2.45) is 7.05 Å². The topological polar surface area (TPSA) is 113 Å². The van der Waals surface area contributed by atoms with E-state index < -0.39 is 20.0 Å². The monoisotopic (exact) mass is 393 g/mol. The van der Waals surface area contributed by atoms with E-state index in [1.807, 2.05) is 0 Å². The molecule has 0 saturated carbocycles. The number of sulfonamides is 2. The van der Waals surface area contributed by atoms with E-state index in [9.17, 15) is 21.6 Å². The summed E-state index contributed by atoms with van der Waals surface area (Å²) in [7, 11) is -4.12. The molecule has 12 heteroatoms. The summed E-state index contributed by atoms with van der Waals surface area (Å²) in [5.74, 6) is -0.343. The van der Waals surface area contributed by atoms with Crippen LogP contribution in [-0.4, -0.2) is 91.8 Å². The number of likely N-dealkylation sites (N-methyl/N-ethyl adjacent to an activating group) is 1. The Morgan fingerprint density at radius 2 is 1.88 bits per heavy atom. The van der Waals surface area contributed by atoms with E-state index in [1.165, 1.54) is 28.8 Å². The first kappa shape index (κ1) is 19.8. The lowest BCUT2D eigenvalue weighted by Crippen LogP contribution is -2.42. The van der Waals surface area contributed by atoms with Crippen molar-refractivity contribution < 1.29 is 21.6 Å². The standard InChI is InChI=1S/C13H23N5O5S2/c1-15-9-12(14-11-15)25(22,23)18-6-4-5-17(7-8-18)13(19)10-16(2)24(3,20)21/h9,11H,4-8,10H2,1-3H3. The van der Waals surface area contributed by atoms with E-state index in [-0.39, 0.29) is 37.1 Å². The van der Waals surface area contributed by atoms with Gasteiger partial charge < -0.3 is 9.47 Å². The second-order valence-electron chi connectivity index (χ2n) is 6.03. The van der Waals surface area contributed by atoms with Gasteiger partial charge in [0.2, 0.25) is 15.9 Å². The van der Waals surface area contributed by atoms with Crippen molar-refractivity contribution in [1.82, 2.24) is 23.1 Å². The zero-order chi connectivity index (χ0) is 18.8. The summed E-state index contributed by atoms with van der Waals surface area (Å²) in [4.78, 5) is 17.7. The van der Waals surface area contributed by atoms with Crippen LogP contribution in [0.25, 0.3) is 0 Å². The molecule has 1 aliphatic rings. The third-order valence-electron chi connectivity index (χ3n) is 4.02. The van der Waals surface area contributed by atoms with Gasteiger partial charge in [-0.25, -0.2) is 21.8 Å². The van der Waals surface area contributed by atoms with Gasteiger partial charge in [-0.05, 0) is 6.42 Å². The van der Waals surface area contributed by atoms with E-state index in [2.05, 4.69) is 4.98 Å². The van der Waals surface area contributed by atoms with Crippen LogP contribution in [0, 0.1) is 0 Å². The Labute approximate surface area is 148 Å². The molecule has 1 aliphatic heterocycles. The maximum Gasteiger partial charge on any atom is 0.262 e. The number of amides is 1. The van der Waals surface area contributed by atoms with E-state index >= 15 is 0 Å². The third kappa shape index (κ3) is 4.77. The van der Waals surface area contributed by atoms with Crippen LogP contribution in [0.5, 0.6) is 0 Å². The maximum atomic E-state index is 12.6. The summed E-state index contributed by atoms with van der Waals surface area (Å²) in [6, 6.07) is 0. The molecule has 1 saturated heterocycles. The first-order valence-electron chi connectivity index (χ1n) is 7.69. The van der Waals surface area contributed by atoms with Gasteiger partial charge in [0.05, 0.1) is 19.1 Å². The van der Waals surface area contributed by atoms with Crippen LogP contribution in [0.4, 0.5) is 0 Å². The number of hydrogen-bond donors (Lipinski definition) is 0. The Bertz CT molecular complexity index is 833. The van der Waals surface area contributed by atoms with Crippen LogP contribution in [0.2, 0.25) is 0 Å². The summed E-state index contributed by atoms with van der Waals surface area (Å²) < 4.78 is 51.9. The van der Waals surface area contributed by atoms with Crippen LogP contribution < -0.4 is 0 Å². The molecular weight excluding hydrogens is 370 g/mol. The van der Waals surface area contributed by atoms with Crippen molar-refractivity contribution >= 4 is 26.0 Å². The lowest BCUT2D eigenvalue weighted by Gasteiger charge is -2.23. The van der Waals surface area contributed by atoms with Crippen LogP contribution in [0.3, 0.4) is 0 Å². The first-order valence-corrected chi connectivity index (χ1v) is 11.0. The SMILES string of the molecule is CN(CC(=O)N1CCCN(S(=O)(=O)c2cn(C)cn2)CC1)S(C)(=O)=O. The Balaban J connectivity index is 2.04. The molecule has 0 spiro atoms. The average molecular weight is 393 g/mol. The first-order chi connectivity index (χ1) is 11.5. The number of hydrogen-bond acceptors (Lipinski definition) is 6. The Morgan fingerprint density at radius 1 is 1.20 bits per heavy atom. The molecule has 0 radical (unpaired) electrons. The summed E-state index contributed by atoms with van der Waals surface area (Å²) >= 11 is 0. The number of nitrogens with zero attached hydrogens (tertiary/aromatic N) is 5. The van der Waals surface area contributed by atoms with Crippen LogP contribution in [-0.2, 0) is 31.9 Å². The van der Waals surface area contributed by atoms with Crippen LogP contribution >= 0.6 is 0 Å². The molecule has 2 rings (SSSR count).